The van der Waals surface area contributed by atoms with Gasteiger partial charge in [-0.15, -0.1) is 0 Å². The van der Waals surface area contributed by atoms with Gasteiger partial charge in [0.1, 0.15) is 6.61 Å². The third-order valence-electron chi connectivity index (χ3n) is 2.81. The molecule has 0 radical (unpaired) electrons. The van der Waals surface area contributed by atoms with Crippen LogP contribution < -0.4 is 4.74 Å². The van der Waals surface area contributed by atoms with Gasteiger partial charge >= 0.3 is 0 Å². The van der Waals surface area contributed by atoms with Gasteiger partial charge in [0.25, 0.3) is 0 Å². The van der Waals surface area contributed by atoms with Crippen LogP contribution in [-0.4, -0.2) is 9.78 Å². The molecular formula is C13H13BrClFN2O. The number of aromatic nitrogens is 2. The van der Waals surface area contributed by atoms with Crippen molar-refractivity contribution in [1.29, 1.82) is 0 Å². The highest BCUT2D eigenvalue weighted by atomic mass is 79.9. The molecule has 2 rings (SSSR count). The summed E-state index contributed by atoms with van der Waals surface area (Å²) in [6, 6.07) is 4.83. The Morgan fingerprint density at radius 1 is 1.47 bits per heavy atom. The lowest BCUT2D eigenvalue weighted by atomic mass is 10.2. The minimum absolute atomic E-state index is 0.178. The van der Waals surface area contributed by atoms with Crippen molar-refractivity contribution >= 4 is 27.5 Å². The molecule has 0 saturated heterocycles. The number of alkyl halides is 1. The zero-order chi connectivity index (χ0) is 14.0. The summed E-state index contributed by atoms with van der Waals surface area (Å²) in [5, 5.41) is 5.27. The molecule has 102 valence electrons. The van der Waals surface area contributed by atoms with Crippen molar-refractivity contribution in [3.05, 3.63) is 46.0 Å². The number of ether oxygens (including phenoxy) is 1. The number of aryl methyl sites for hydroxylation is 2. The van der Waals surface area contributed by atoms with Crippen molar-refractivity contribution in [2.75, 3.05) is 0 Å². The maximum absolute atomic E-state index is 13.7. The number of para-hydroxylation sites is 1. The molecule has 0 fully saturated rings. The summed E-state index contributed by atoms with van der Waals surface area (Å²) in [7, 11) is 1.78. The summed E-state index contributed by atoms with van der Waals surface area (Å²) < 4.78 is 21.0. The smallest absolute Gasteiger partial charge is 0.165 e. The highest BCUT2D eigenvalue weighted by molar-refractivity contribution is 9.08. The SMILES string of the molecule is Cc1nn(C)c(COc2c(F)cccc2CBr)c1Cl. The first-order valence-corrected chi connectivity index (χ1v) is 7.18. The molecule has 6 heteroatoms. The van der Waals surface area contributed by atoms with Gasteiger partial charge in [-0.2, -0.15) is 5.10 Å². The summed E-state index contributed by atoms with van der Waals surface area (Å²) in [5.41, 5.74) is 2.22. The molecule has 1 heterocycles. The van der Waals surface area contributed by atoms with Crippen LogP contribution in [0, 0.1) is 12.7 Å². The summed E-state index contributed by atoms with van der Waals surface area (Å²) in [5.74, 6) is -0.138. The van der Waals surface area contributed by atoms with Crippen molar-refractivity contribution in [3.63, 3.8) is 0 Å². The molecule has 0 saturated carbocycles. The van der Waals surface area contributed by atoms with Crippen LogP contribution in [0.15, 0.2) is 18.2 Å². The molecule has 0 amide bonds. The fourth-order valence-corrected chi connectivity index (χ4v) is 2.45. The lowest BCUT2D eigenvalue weighted by Gasteiger charge is -2.11. The standard InChI is InChI=1S/C13H13BrClFN2O/c1-8-12(15)11(18(2)17-8)7-19-13-9(6-14)4-3-5-10(13)16/h3-5H,6-7H2,1-2H3. The third kappa shape index (κ3) is 2.92. The number of halogens is 3. The van der Waals surface area contributed by atoms with Crippen LogP contribution in [0.1, 0.15) is 17.0 Å². The molecule has 2 aromatic rings. The monoisotopic (exact) mass is 346 g/mol. The summed E-state index contributed by atoms with van der Waals surface area (Å²) in [6.07, 6.45) is 0. The normalized spacial score (nSPS) is 10.8. The summed E-state index contributed by atoms with van der Waals surface area (Å²) in [6.45, 7) is 2.00. The maximum Gasteiger partial charge on any atom is 0.165 e. The van der Waals surface area contributed by atoms with Gasteiger partial charge in [0, 0.05) is 17.9 Å². The van der Waals surface area contributed by atoms with E-state index in [0.29, 0.717) is 10.4 Å². The van der Waals surface area contributed by atoms with E-state index >= 15 is 0 Å². The molecule has 0 N–H and O–H groups in total. The van der Waals surface area contributed by atoms with E-state index in [9.17, 15) is 4.39 Å². The first-order chi connectivity index (χ1) is 9.04. The molecule has 0 unspecified atom stereocenters. The number of nitrogens with zero attached hydrogens (tertiary/aromatic N) is 2. The molecule has 0 bridgehead atoms. The van der Waals surface area contributed by atoms with Crippen LogP contribution in [-0.2, 0) is 19.0 Å². The van der Waals surface area contributed by atoms with Gasteiger partial charge < -0.3 is 4.74 Å². The van der Waals surface area contributed by atoms with E-state index in [2.05, 4.69) is 21.0 Å². The zero-order valence-corrected chi connectivity index (χ0v) is 12.9. The lowest BCUT2D eigenvalue weighted by molar-refractivity contribution is 0.278. The molecule has 1 aromatic heterocycles. The average molecular weight is 348 g/mol. The van der Waals surface area contributed by atoms with Gasteiger partial charge in [0.15, 0.2) is 11.6 Å². The fraction of sp³-hybridized carbons (Fsp3) is 0.308. The van der Waals surface area contributed by atoms with Crippen molar-refractivity contribution < 1.29 is 9.13 Å². The molecular weight excluding hydrogens is 335 g/mol. The number of rotatable bonds is 4. The van der Waals surface area contributed by atoms with E-state index in [1.165, 1.54) is 6.07 Å². The maximum atomic E-state index is 13.7. The van der Waals surface area contributed by atoms with E-state index < -0.39 is 0 Å². The van der Waals surface area contributed by atoms with E-state index in [1.54, 1.807) is 17.8 Å². The lowest BCUT2D eigenvalue weighted by Crippen LogP contribution is -2.05. The second-order valence-corrected chi connectivity index (χ2v) is 5.06. The Morgan fingerprint density at radius 3 is 2.79 bits per heavy atom. The number of benzene rings is 1. The fourth-order valence-electron chi connectivity index (χ4n) is 1.80. The Hall–Kier alpha value is -1.07. The largest absolute Gasteiger partial charge is 0.484 e. The molecule has 0 spiro atoms. The van der Waals surface area contributed by atoms with Crippen LogP contribution in [0.4, 0.5) is 4.39 Å². The molecule has 0 aliphatic rings. The second kappa shape index (κ2) is 5.92. The number of hydrogen-bond donors (Lipinski definition) is 0. The molecule has 0 atom stereocenters. The summed E-state index contributed by atoms with van der Waals surface area (Å²) >= 11 is 9.44. The first-order valence-electron chi connectivity index (χ1n) is 5.68. The van der Waals surface area contributed by atoms with E-state index in [4.69, 9.17) is 16.3 Å². The average Bonchev–Trinajstić information content (AvgIpc) is 2.62. The van der Waals surface area contributed by atoms with E-state index in [-0.39, 0.29) is 18.2 Å². The molecule has 0 aliphatic carbocycles. The van der Waals surface area contributed by atoms with Gasteiger partial charge in [0.2, 0.25) is 0 Å². The highest BCUT2D eigenvalue weighted by Gasteiger charge is 2.14. The predicted molar refractivity (Wildman–Crippen MR) is 76.3 cm³/mol. The Morgan fingerprint density at radius 2 is 2.21 bits per heavy atom. The third-order valence-corrected chi connectivity index (χ3v) is 3.90. The Balaban J connectivity index is 2.24. The zero-order valence-electron chi connectivity index (χ0n) is 10.6. The minimum atomic E-state index is -0.382. The van der Waals surface area contributed by atoms with Crippen LogP contribution in [0.2, 0.25) is 5.02 Å². The Kier molecular flexibility index (Phi) is 4.47. The Labute approximate surface area is 124 Å². The van der Waals surface area contributed by atoms with Crippen molar-refractivity contribution in [3.8, 4) is 5.75 Å². The quantitative estimate of drug-likeness (QED) is 0.782. The predicted octanol–water partition coefficient (Wildman–Crippen LogP) is 3.99. The first kappa shape index (κ1) is 14.3. The minimum Gasteiger partial charge on any atom is -0.484 e. The van der Waals surface area contributed by atoms with E-state index in [0.717, 1.165) is 17.0 Å². The van der Waals surface area contributed by atoms with Crippen LogP contribution in [0.3, 0.4) is 0 Å². The van der Waals surface area contributed by atoms with Crippen LogP contribution in [0.25, 0.3) is 0 Å². The van der Waals surface area contributed by atoms with Crippen molar-refractivity contribution in [2.45, 2.75) is 18.9 Å². The molecule has 3 nitrogen and oxygen atoms in total. The van der Waals surface area contributed by atoms with Gasteiger partial charge in [-0.1, -0.05) is 39.7 Å². The topological polar surface area (TPSA) is 27.1 Å². The van der Waals surface area contributed by atoms with Gasteiger partial charge in [-0.3, -0.25) is 4.68 Å². The van der Waals surface area contributed by atoms with Gasteiger partial charge in [0.05, 0.1) is 16.4 Å². The second-order valence-electron chi connectivity index (χ2n) is 4.12. The summed E-state index contributed by atoms with van der Waals surface area (Å²) in [4.78, 5) is 0. The van der Waals surface area contributed by atoms with Crippen LogP contribution >= 0.6 is 27.5 Å². The van der Waals surface area contributed by atoms with Crippen LogP contribution in [0.5, 0.6) is 5.75 Å². The molecule has 19 heavy (non-hydrogen) atoms. The highest BCUT2D eigenvalue weighted by Crippen LogP contribution is 2.27. The van der Waals surface area contributed by atoms with Gasteiger partial charge in [-0.05, 0) is 13.0 Å². The number of hydrogen-bond acceptors (Lipinski definition) is 2. The van der Waals surface area contributed by atoms with Gasteiger partial charge in [-0.25, -0.2) is 4.39 Å². The van der Waals surface area contributed by atoms with Crippen molar-refractivity contribution in [1.82, 2.24) is 9.78 Å². The Bertz CT molecular complexity index is 601. The van der Waals surface area contributed by atoms with Crippen molar-refractivity contribution in [2.24, 2.45) is 7.05 Å². The molecule has 1 aromatic carbocycles. The molecule has 0 aliphatic heterocycles. The van der Waals surface area contributed by atoms with E-state index in [1.807, 2.05) is 13.0 Å².